The molecule has 0 radical (unpaired) electrons. The van der Waals surface area contributed by atoms with Crippen LogP contribution in [0.3, 0.4) is 0 Å². The summed E-state index contributed by atoms with van der Waals surface area (Å²) >= 11 is 0. The third-order valence-corrected chi connectivity index (χ3v) is 2.52. The number of aromatic amines is 1. The van der Waals surface area contributed by atoms with E-state index >= 15 is 0 Å². The number of H-pyrrole nitrogens is 1. The van der Waals surface area contributed by atoms with Crippen molar-refractivity contribution in [3.63, 3.8) is 0 Å². The first-order valence-electron chi connectivity index (χ1n) is 4.83. The first-order chi connectivity index (χ1) is 6.72. The second kappa shape index (κ2) is 3.29. The molecule has 0 amide bonds. The van der Waals surface area contributed by atoms with Gasteiger partial charge < -0.3 is 10.7 Å². The molecule has 2 rings (SSSR count). The molecule has 4 nitrogen and oxygen atoms in total. The smallest absolute Gasteiger partial charge is 0.143 e. The van der Waals surface area contributed by atoms with E-state index in [1.807, 2.05) is 12.3 Å². The maximum atomic E-state index is 5.82. The van der Waals surface area contributed by atoms with Crippen LogP contribution in [0.1, 0.15) is 32.0 Å². The van der Waals surface area contributed by atoms with Crippen LogP contribution in [0.25, 0.3) is 11.0 Å². The number of hydrogen-bond acceptors (Lipinski definition) is 3. The van der Waals surface area contributed by atoms with E-state index in [1.165, 1.54) is 0 Å². The zero-order valence-electron chi connectivity index (χ0n) is 8.41. The number of hydrogen-bond donors (Lipinski definition) is 2. The molecule has 0 saturated carbocycles. The Kier molecular flexibility index (Phi) is 2.11. The van der Waals surface area contributed by atoms with E-state index in [9.17, 15) is 0 Å². The lowest BCUT2D eigenvalue weighted by Gasteiger charge is -2.07. The van der Waals surface area contributed by atoms with Gasteiger partial charge in [-0.15, -0.1) is 0 Å². The topological polar surface area (TPSA) is 67.6 Å². The van der Waals surface area contributed by atoms with Crippen molar-refractivity contribution in [3.8, 4) is 0 Å². The van der Waals surface area contributed by atoms with Gasteiger partial charge in [0.2, 0.25) is 0 Å². The van der Waals surface area contributed by atoms with Gasteiger partial charge in [0.25, 0.3) is 0 Å². The van der Waals surface area contributed by atoms with Crippen molar-refractivity contribution in [2.24, 2.45) is 0 Å². The summed E-state index contributed by atoms with van der Waals surface area (Å²) in [5.41, 5.74) is 6.65. The molecule has 14 heavy (non-hydrogen) atoms. The van der Waals surface area contributed by atoms with Crippen molar-refractivity contribution in [3.05, 3.63) is 18.1 Å². The second-order valence-corrected chi connectivity index (χ2v) is 3.52. The molecule has 0 aliphatic heterocycles. The van der Waals surface area contributed by atoms with Crippen LogP contribution in [0.4, 0.5) is 5.82 Å². The number of nitrogens with two attached hydrogens (primary N) is 1. The van der Waals surface area contributed by atoms with E-state index < -0.39 is 0 Å². The quantitative estimate of drug-likeness (QED) is 0.761. The van der Waals surface area contributed by atoms with Gasteiger partial charge in [-0.3, -0.25) is 0 Å². The Bertz CT molecular complexity index is 446. The van der Waals surface area contributed by atoms with Crippen LogP contribution in [-0.4, -0.2) is 15.0 Å². The van der Waals surface area contributed by atoms with E-state index in [0.717, 1.165) is 23.3 Å². The molecule has 0 aliphatic rings. The Morgan fingerprint density at radius 1 is 1.50 bits per heavy atom. The molecule has 0 fully saturated rings. The molecular formula is C10H14N4. The van der Waals surface area contributed by atoms with Crippen LogP contribution in [0.5, 0.6) is 0 Å². The van der Waals surface area contributed by atoms with Crippen LogP contribution in [0.2, 0.25) is 0 Å². The van der Waals surface area contributed by atoms with E-state index in [4.69, 9.17) is 5.73 Å². The zero-order chi connectivity index (χ0) is 10.1. The molecule has 0 aliphatic carbocycles. The van der Waals surface area contributed by atoms with Crippen LogP contribution in [0.15, 0.2) is 12.3 Å². The van der Waals surface area contributed by atoms with Crippen LogP contribution < -0.4 is 5.73 Å². The summed E-state index contributed by atoms with van der Waals surface area (Å²) in [6.07, 6.45) is 2.85. The lowest BCUT2D eigenvalue weighted by atomic mass is 10.1. The standard InChI is InChI=1S/C10H14N4/c1-3-6(2)9-13-8(11)7-4-5-12-10(7)14-9/h4-6H,3H2,1-2H3,(H3,11,12,13,14). The Balaban J connectivity index is 2.58. The fraction of sp³-hybridized carbons (Fsp3) is 0.400. The van der Waals surface area contributed by atoms with Gasteiger partial charge in [-0.2, -0.15) is 0 Å². The lowest BCUT2D eigenvalue weighted by molar-refractivity contribution is 0.684. The summed E-state index contributed by atoms with van der Waals surface area (Å²) in [5.74, 6) is 1.73. The first kappa shape index (κ1) is 8.99. The molecule has 74 valence electrons. The average molecular weight is 190 g/mol. The molecule has 0 aromatic carbocycles. The molecule has 2 aromatic heterocycles. The van der Waals surface area contributed by atoms with E-state index in [0.29, 0.717) is 11.7 Å². The molecule has 0 saturated heterocycles. The average Bonchev–Trinajstić information content (AvgIpc) is 2.64. The number of anilines is 1. The van der Waals surface area contributed by atoms with Crippen molar-refractivity contribution < 1.29 is 0 Å². The molecule has 4 heteroatoms. The Morgan fingerprint density at radius 2 is 2.29 bits per heavy atom. The summed E-state index contributed by atoms with van der Waals surface area (Å²) < 4.78 is 0. The van der Waals surface area contributed by atoms with E-state index in [-0.39, 0.29) is 0 Å². The van der Waals surface area contributed by atoms with Crippen molar-refractivity contribution in [2.45, 2.75) is 26.2 Å². The Hall–Kier alpha value is -1.58. The maximum Gasteiger partial charge on any atom is 0.143 e. The normalized spacial score (nSPS) is 13.3. The monoisotopic (exact) mass is 190 g/mol. The summed E-state index contributed by atoms with van der Waals surface area (Å²) in [6.45, 7) is 4.21. The van der Waals surface area contributed by atoms with Crippen molar-refractivity contribution in [1.82, 2.24) is 15.0 Å². The molecule has 0 spiro atoms. The van der Waals surface area contributed by atoms with Gasteiger partial charge in [-0.05, 0) is 12.5 Å². The summed E-state index contributed by atoms with van der Waals surface area (Å²) in [7, 11) is 0. The fourth-order valence-electron chi connectivity index (χ4n) is 1.39. The van der Waals surface area contributed by atoms with Gasteiger partial charge in [-0.1, -0.05) is 13.8 Å². The summed E-state index contributed by atoms with van der Waals surface area (Å²) in [6, 6.07) is 1.89. The highest BCUT2D eigenvalue weighted by molar-refractivity contribution is 5.85. The van der Waals surface area contributed by atoms with Crippen LogP contribution in [-0.2, 0) is 0 Å². The van der Waals surface area contributed by atoms with Gasteiger partial charge in [0.05, 0.1) is 5.39 Å². The lowest BCUT2D eigenvalue weighted by Crippen LogP contribution is -2.03. The molecule has 1 unspecified atom stereocenters. The number of rotatable bonds is 2. The zero-order valence-corrected chi connectivity index (χ0v) is 8.41. The Morgan fingerprint density at radius 3 is 3.00 bits per heavy atom. The highest BCUT2D eigenvalue weighted by atomic mass is 15.0. The van der Waals surface area contributed by atoms with Gasteiger partial charge in [0, 0.05) is 12.1 Å². The first-order valence-corrected chi connectivity index (χ1v) is 4.83. The van der Waals surface area contributed by atoms with Crippen LogP contribution in [0, 0.1) is 0 Å². The Labute approximate surface area is 82.6 Å². The highest BCUT2D eigenvalue weighted by Gasteiger charge is 2.10. The number of nitrogens with one attached hydrogen (secondary N) is 1. The number of nitrogen functional groups attached to an aromatic ring is 1. The van der Waals surface area contributed by atoms with Crippen molar-refractivity contribution >= 4 is 16.9 Å². The molecule has 3 N–H and O–H groups in total. The van der Waals surface area contributed by atoms with Crippen molar-refractivity contribution in [2.75, 3.05) is 5.73 Å². The van der Waals surface area contributed by atoms with Gasteiger partial charge in [-0.25, -0.2) is 9.97 Å². The van der Waals surface area contributed by atoms with Crippen molar-refractivity contribution in [1.29, 1.82) is 0 Å². The second-order valence-electron chi connectivity index (χ2n) is 3.52. The van der Waals surface area contributed by atoms with Gasteiger partial charge >= 0.3 is 0 Å². The predicted molar refractivity (Wildman–Crippen MR) is 57.0 cm³/mol. The fourth-order valence-corrected chi connectivity index (χ4v) is 1.39. The molecule has 0 bridgehead atoms. The molecule has 2 heterocycles. The number of aromatic nitrogens is 3. The largest absolute Gasteiger partial charge is 0.383 e. The molecule has 1 atom stereocenters. The van der Waals surface area contributed by atoms with E-state index in [2.05, 4.69) is 28.8 Å². The number of fused-ring (bicyclic) bond motifs is 1. The van der Waals surface area contributed by atoms with Gasteiger partial charge in [0.15, 0.2) is 0 Å². The minimum absolute atomic E-state index is 0.352. The maximum absolute atomic E-state index is 5.82. The van der Waals surface area contributed by atoms with E-state index in [1.54, 1.807) is 0 Å². The number of nitrogens with zero attached hydrogens (tertiary/aromatic N) is 2. The van der Waals surface area contributed by atoms with Crippen LogP contribution >= 0.6 is 0 Å². The predicted octanol–water partition coefficient (Wildman–Crippen LogP) is 2.05. The molecular weight excluding hydrogens is 176 g/mol. The van der Waals surface area contributed by atoms with Gasteiger partial charge in [0.1, 0.15) is 17.3 Å². The molecule has 2 aromatic rings. The minimum Gasteiger partial charge on any atom is -0.383 e. The SMILES string of the molecule is CCC(C)c1nc(N)c2cc[nH]c2n1. The summed E-state index contributed by atoms with van der Waals surface area (Å²) in [5, 5.41) is 0.900. The summed E-state index contributed by atoms with van der Waals surface area (Å²) in [4.78, 5) is 11.8. The third kappa shape index (κ3) is 1.32. The third-order valence-electron chi connectivity index (χ3n) is 2.52. The highest BCUT2D eigenvalue weighted by Crippen LogP contribution is 2.21. The minimum atomic E-state index is 0.352.